The van der Waals surface area contributed by atoms with E-state index in [9.17, 15) is 14.9 Å². The molecule has 110 valence electrons. The normalized spacial score (nSPS) is 10.8. The number of nitro groups is 1. The second kappa shape index (κ2) is 6.13. The Labute approximate surface area is 116 Å². The molecule has 0 saturated carbocycles. The molecule has 0 unspecified atom stereocenters. The van der Waals surface area contributed by atoms with Crippen molar-refractivity contribution in [2.75, 3.05) is 24.2 Å². The van der Waals surface area contributed by atoms with Crippen LogP contribution in [-0.2, 0) is 4.79 Å². The predicted octanol–water partition coefficient (Wildman–Crippen LogP) is 0.753. The molecule has 0 spiro atoms. The van der Waals surface area contributed by atoms with E-state index in [0.29, 0.717) is 0 Å². The first-order chi connectivity index (χ1) is 9.23. The molecule has 1 aromatic rings. The van der Waals surface area contributed by atoms with E-state index in [0.717, 1.165) is 6.20 Å². The van der Waals surface area contributed by atoms with Crippen LogP contribution in [0.5, 0.6) is 0 Å². The minimum Gasteiger partial charge on any atom is -0.357 e. The van der Waals surface area contributed by atoms with Crippen LogP contribution in [0.4, 0.5) is 17.5 Å². The molecule has 0 aliphatic heterocycles. The largest absolute Gasteiger partial charge is 0.357 e. The molecule has 1 rings (SSSR count). The van der Waals surface area contributed by atoms with Crippen molar-refractivity contribution in [3.63, 3.8) is 0 Å². The fourth-order valence-corrected chi connectivity index (χ4v) is 1.39. The van der Waals surface area contributed by atoms with Crippen molar-refractivity contribution in [3.05, 3.63) is 16.3 Å². The van der Waals surface area contributed by atoms with E-state index in [1.54, 1.807) is 7.05 Å². The molecule has 0 bridgehead atoms. The molecule has 0 aromatic carbocycles. The highest BCUT2D eigenvalue weighted by molar-refractivity contribution is 5.81. The molecular weight excluding hydrogens is 264 g/mol. The highest BCUT2D eigenvalue weighted by atomic mass is 16.6. The van der Waals surface area contributed by atoms with Crippen LogP contribution in [0.25, 0.3) is 0 Å². The van der Waals surface area contributed by atoms with E-state index in [1.165, 1.54) is 0 Å². The Balaban J connectivity index is 2.80. The third-order valence-corrected chi connectivity index (χ3v) is 2.12. The first-order valence-electron chi connectivity index (χ1n) is 5.97. The van der Waals surface area contributed by atoms with Crippen molar-refractivity contribution in [2.24, 2.45) is 0 Å². The Morgan fingerprint density at radius 3 is 2.60 bits per heavy atom. The van der Waals surface area contributed by atoms with Crippen molar-refractivity contribution >= 4 is 23.4 Å². The molecule has 9 nitrogen and oxygen atoms in total. The smallest absolute Gasteiger partial charge is 0.329 e. The van der Waals surface area contributed by atoms with E-state index in [4.69, 9.17) is 0 Å². The van der Waals surface area contributed by atoms with E-state index >= 15 is 0 Å². The van der Waals surface area contributed by atoms with E-state index in [2.05, 4.69) is 25.9 Å². The number of hydrogen-bond donors (Lipinski definition) is 3. The molecule has 0 saturated heterocycles. The number of nitrogens with zero attached hydrogens (tertiary/aromatic N) is 3. The summed E-state index contributed by atoms with van der Waals surface area (Å²) in [7, 11) is 1.59. The average molecular weight is 282 g/mol. The zero-order valence-corrected chi connectivity index (χ0v) is 11.9. The molecule has 1 amide bonds. The number of anilines is 2. The Bertz CT molecular complexity index is 511. The third kappa shape index (κ3) is 4.67. The topological polar surface area (TPSA) is 122 Å². The Kier molecular flexibility index (Phi) is 4.78. The third-order valence-electron chi connectivity index (χ3n) is 2.12. The lowest BCUT2D eigenvalue weighted by Crippen LogP contribution is -2.43. The van der Waals surface area contributed by atoms with Crippen LogP contribution in [-0.4, -0.2) is 39.9 Å². The summed E-state index contributed by atoms with van der Waals surface area (Å²) in [4.78, 5) is 29.6. The van der Waals surface area contributed by atoms with Gasteiger partial charge in [-0.1, -0.05) is 0 Å². The number of carbonyl (C=O) groups is 1. The van der Waals surface area contributed by atoms with E-state index in [1.807, 2.05) is 20.8 Å². The second-order valence-electron chi connectivity index (χ2n) is 5.09. The molecule has 0 aliphatic rings. The molecule has 0 aliphatic carbocycles. The summed E-state index contributed by atoms with van der Waals surface area (Å²) >= 11 is 0. The quantitative estimate of drug-likeness (QED) is 0.538. The monoisotopic (exact) mass is 282 g/mol. The molecule has 0 radical (unpaired) electrons. The molecule has 1 heterocycles. The van der Waals surface area contributed by atoms with Gasteiger partial charge in [-0.2, -0.15) is 4.98 Å². The zero-order chi connectivity index (χ0) is 15.3. The summed E-state index contributed by atoms with van der Waals surface area (Å²) in [6, 6.07) is 0. The van der Waals surface area contributed by atoms with Crippen LogP contribution in [0, 0.1) is 10.1 Å². The summed E-state index contributed by atoms with van der Waals surface area (Å²) in [6.07, 6.45) is 1.09. The van der Waals surface area contributed by atoms with E-state index < -0.39 is 4.92 Å². The highest BCUT2D eigenvalue weighted by Crippen LogP contribution is 2.21. The molecule has 3 N–H and O–H groups in total. The lowest BCUT2D eigenvalue weighted by Gasteiger charge is -2.20. The van der Waals surface area contributed by atoms with Crippen LogP contribution in [0.1, 0.15) is 20.8 Å². The minimum absolute atomic E-state index is 0.00147. The van der Waals surface area contributed by atoms with Crippen molar-refractivity contribution in [3.8, 4) is 0 Å². The van der Waals surface area contributed by atoms with Crippen LogP contribution in [0.2, 0.25) is 0 Å². The first kappa shape index (κ1) is 15.6. The van der Waals surface area contributed by atoms with Gasteiger partial charge >= 0.3 is 5.69 Å². The lowest BCUT2D eigenvalue weighted by molar-refractivity contribution is -0.384. The van der Waals surface area contributed by atoms with Crippen molar-refractivity contribution in [1.29, 1.82) is 0 Å². The average Bonchev–Trinajstić information content (AvgIpc) is 2.33. The van der Waals surface area contributed by atoms with Crippen molar-refractivity contribution in [2.45, 2.75) is 26.3 Å². The van der Waals surface area contributed by atoms with Gasteiger partial charge in [0, 0.05) is 12.6 Å². The summed E-state index contributed by atoms with van der Waals surface area (Å²) in [5.41, 5.74) is -0.653. The molecule has 9 heteroatoms. The Morgan fingerprint density at radius 2 is 2.10 bits per heavy atom. The maximum atomic E-state index is 11.7. The van der Waals surface area contributed by atoms with Gasteiger partial charge in [0.2, 0.25) is 17.7 Å². The second-order valence-corrected chi connectivity index (χ2v) is 5.09. The number of aromatic nitrogens is 2. The van der Waals surface area contributed by atoms with Gasteiger partial charge in [0.05, 0.1) is 11.5 Å². The van der Waals surface area contributed by atoms with Crippen LogP contribution >= 0.6 is 0 Å². The molecule has 1 aromatic heterocycles. The first-order valence-corrected chi connectivity index (χ1v) is 5.97. The van der Waals surface area contributed by atoms with Gasteiger partial charge in [0.15, 0.2) is 0 Å². The van der Waals surface area contributed by atoms with Crippen molar-refractivity contribution < 1.29 is 9.72 Å². The Hall–Kier alpha value is -2.45. The SMILES string of the molecule is CNc1ncc([N+](=O)[O-])c(NCC(=O)NC(C)(C)C)n1. The van der Waals surface area contributed by atoms with Gasteiger partial charge < -0.3 is 16.0 Å². The molecular formula is C11H18N6O3. The maximum absolute atomic E-state index is 11.7. The highest BCUT2D eigenvalue weighted by Gasteiger charge is 2.19. The number of rotatable bonds is 5. The van der Waals surface area contributed by atoms with Gasteiger partial charge in [-0.25, -0.2) is 4.98 Å². The predicted molar refractivity (Wildman–Crippen MR) is 74.6 cm³/mol. The van der Waals surface area contributed by atoms with Gasteiger partial charge in [0.25, 0.3) is 0 Å². The number of hydrogen-bond acceptors (Lipinski definition) is 7. The fourth-order valence-electron chi connectivity index (χ4n) is 1.39. The van der Waals surface area contributed by atoms with Gasteiger partial charge in [-0.15, -0.1) is 0 Å². The lowest BCUT2D eigenvalue weighted by atomic mass is 10.1. The van der Waals surface area contributed by atoms with Crippen LogP contribution in [0.3, 0.4) is 0 Å². The molecule has 0 atom stereocenters. The molecule has 0 fully saturated rings. The zero-order valence-electron chi connectivity index (χ0n) is 11.9. The van der Waals surface area contributed by atoms with Crippen molar-refractivity contribution in [1.82, 2.24) is 15.3 Å². The van der Waals surface area contributed by atoms with Crippen LogP contribution in [0.15, 0.2) is 6.20 Å². The number of carbonyl (C=O) groups excluding carboxylic acids is 1. The fraction of sp³-hybridized carbons (Fsp3) is 0.545. The standard InChI is InChI=1S/C11H18N6O3/c1-11(2,3)16-8(18)6-13-9-7(17(19)20)5-14-10(12-4)15-9/h5H,6H2,1-4H3,(H,16,18)(H2,12,13,14,15). The summed E-state index contributed by atoms with van der Waals surface area (Å²) in [5, 5.41) is 18.9. The summed E-state index contributed by atoms with van der Waals surface area (Å²) in [5.74, 6) is -0.0517. The van der Waals surface area contributed by atoms with E-state index in [-0.39, 0.29) is 35.4 Å². The maximum Gasteiger partial charge on any atom is 0.329 e. The summed E-state index contributed by atoms with van der Waals surface area (Å²) in [6.45, 7) is 5.42. The molecule has 20 heavy (non-hydrogen) atoms. The van der Waals surface area contributed by atoms with Gasteiger partial charge in [-0.05, 0) is 20.8 Å². The van der Waals surface area contributed by atoms with Crippen LogP contribution < -0.4 is 16.0 Å². The number of amides is 1. The summed E-state index contributed by atoms with van der Waals surface area (Å²) < 4.78 is 0. The van der Waals surface area contributed by atoms with Gasteiger partial charge in [-0.3, -0.25) is 14.9 Å². The van der Waals surface area contributed by atoms with Gasteiger partial charge in [0.1, 0.15) is 6.20 Å². The minimum atomic E-state index is -0.608. The number of nitrogens with one attached hydrogen (secondary N) is 3. The Morgan fingerprint density at radius 1 is 1.45 bits per heavy atom.